The molecule has 0 radical (unpaired) electrons. The third-order valence-corrected chi connectivity index (χ3v) is 4.55. The zero-order valence-corrected chi connectivity index (χ0v) is 15.3. The van der Waals surface area contributed by atoms with E-state index in [1.165, 1.54) is 0 Å². The molecule has 0 aliphatic carbocycles. The van der Waals surface area contributed by atoms with E-state index in [0.29, 0.717) is 28.5 Å². The Morgan fingerprint density at radius 3 is 2.48 bits per heavy atom. The van der Waals surface area contributed by atoms with E-state index in [1.54, 1.807) is 48.5 Å². The van der Waals surface area contributed by atoms with Gasteiger partial charge in [-0.05, 0) is 54.8 Å². The molecule has 2 unspecified atom stereocenters. The third-order valence-electron chi connectivity index (χ3n) is 4.30. The van der Waals surface area contributed by atoms with Crippen molar-refractivity contribution in [3.8, 4) is 5.75 Å². The van der Waals surface area contributed by atoms with Crippen LogP contribution in [0.4, 0.5) is 0 Å². The van der Waals surface area contributed by atoms with E-state index in [-0.39, 0.29) is 6.10 Å². The second-order valence-electron chi connectivity index (χ2n) is 6.27. The van der Waals surface area contributed by atoms with Gasteiger partial charge < -0.3 is 19.9 Å². The minimum Gasteiger partial charge on any atom is -0.491 e. The first kappa shape index (κ1) is 19.2. The highest BCUT2D eigenvalue weighted by molar-refractivity contribution is 6.30. The maximum atomic E-state index is 12.4. The fourth-order valence-electron chi connectivity index (χ4n) is 2.82. The number of ether oxygens (including phenoxy) is 2. The summed E-state index contributed by atoms with van der Waals surface area (Å²) in [6.07, 6.45) is 2.15. The number of rotatable bonds is 7. The van der Waals surface area contributed by atoms with Gasteiger partial charge >= 0.3 is 5.97 Å². The molecule has 1 heterocycles. The number of aliphatic carboxylic acids is 1. The van der Waals surface area contributed by atoms with Gasteiger partial charge in [0.2, 0.25) is 0 Å². The van der Waals surface area contributed by atoms with Gasteiger partial charge in [-0.2, -0.15) is 0 Å². The van der Waals surface area contributed by atoms with Gasteiger partial charge in [0.1, 0.15) is 12.4 Å². The summed E-state index contributed by atoms with van der Waals surface area (Å²) in [5, 5.41) is 12.4. The highest BCUT2D eigenvalue weighted by Gasteiger charge is 2.23. The molecule has 2 aromatic carbocycles. The zero-order valence-electron chi connectivity index (χ0n) is 14.6. The average molecular weight is 390 g/mol. The summed E-state index contributed by atoms with van der Waals surface area (Å²) in [7, 11) is 0. The van der Waals surface area contributed by atoms with E-state index in [9.17, 15) is 14.7 Å². The SMILES string of the molecule is O=C(NC(C(=O)O)c1ccc(Cl)cc1)c1ccc(OCC2CCCO2)cc1. The van der Waals surface area contributed by atoms with Crippen molar-refractivity contribution in [2.75, 3.05) is 13.2 Å². The summed E-state index contributed by atoms with van der Waals surface area (Å²) in [6.45, 7) is 1.24. The fraction of sp³-hybridized carbons (Fsp3) is 0.300. The van der Waals surface area contributed by atoms with Gasteiger partial charge in [-0.3, -0.25) is 4.79 Å². The van der Waals surface area contributed by atoms with Crippen molar-refractivity contribution in [1.82, 2.24) is 5.32 Å². The van der Waals surface area contributed by atoms with Crippen LogP contribution in [-0.4, -0.2) is 36.3 Å². The maximum Gasteiger partial charge on any atom is 0.330 e. The Labute approximate surface area is 162 Å². The molecule has 6 nitrogen and oxygen atoms in total. The molecule has 1 saturated heterocycles. The molecule has 2 aromatic rings. The zero-order chi connectivity index (χ0) is 19.2. The molecule has 27 heavy (non-hydrogen) atoms. The molecule has 3 rings (SSSR count). The number of hydrogen-bond acceptors (Lipinski definition) is 4. The smallest absolute Gasteiger partial charge is 0.330 e. The number of carboxylic acid groups (broad SMARTS) is 1. The molecule has 1 amide bonds. The lowest BCUT2D eigenvalue weighted by molar-refractivity contribution is -0.139. The molecule has 2 N–H and O–H groups in total. The van der Waals surface area contributed by atoms with Crippen LogP contribution in [0.5, 0.6) is 5.75 Å². The molecule has 1 fully saturated rings. The van der Waals surface area contributed by atoms with Gasteiger partial charge in [-0.25, -0.2) is 4.79 Å². The first-order valence-corrected chi connectivity index (χ1v) is 9.04. The Kier molecular flexibility index (Phi) is 6.32. The lowest BCUT2D eigenvalue weighted by Gasteiger charge is -2.15. The second kappa shape index (κ2) is 8.88. The number of hydrogen-bond donors (Lipinski definition) is 2. The molecule has 1 aliphatic heterocycles. The predicted octanol–water partition coefficient (Wildman–Crippen LogP) is 3.45. The number of benzene rings is 2. The number of carbonyl (C=O) groups is 2. The Morgan fingerprint density at radius 2 is 1.89 bits per heavy atom. The van der Waals surface area contributed by atoms with Crippen molar-refractivity contribution in [1.29, 1.82) is 0 Å². The maximum absolute atomic E-state index is 12.4. The van der Waals surface area contributed by atoms with Crippen LogP contribution in [0.3, 0.4) is 0 Å². The molecule has 0 aromatic heterocycles. The molecule has 7 heteroatoms. The number of carbonyl (C=O) groups excluding carboxylic acids is 1. The molecule has 1 aliphatic rings. The van der Waals surface area contributed by atoms with E-state index in [2.05, 4.69) is 5.32 Å². The minimum atomic E-state index is -1.16. The summed E-state index contributed by atoms with van der Waals surface area (Å²) >= 11 is 5.83. The Hall–Kier alpha value is -2.57. The van der Waals surface area contributed by atoms with Crippen LogP contribution in [0.2, 0.25) is 5.02 Å². The monoisotopic (exact) mass is 389 g/mol. The number of amides is 1. The van der Waals surface area contributed by atoms with Gasteiger partial charge in [0.15, 0.2) is 6.04 Å². The second-order valence-corrected chi connectivity index (χ2v) is 6.70. The standard InChI is InChI=1S/C20H20ClNO5/c21-15-7-3-13(4-8-15)18(20(24)25)22-19(23)14-5-9-16(10-6-14)27-12-17-2-1-11-26-17/h3-10,17-18H,1-2,11-12H2,(H,22,23)(H,24,25). The molecule has 0 spiro atoms. The fourth-order valence-corrected chi connectivity index (χ4v) is 2.95. The van der Waals surface area contributed by atoms with Crippen molar-refractivity contribution in [2.24, 2.45) is 0 Å². The summed E-state index contributed by atoms with van der Waals surface area (Å²) < 4.78 is 11.2. The normalized spacial score (nSPS) is 17.3. The quantitative estimate of drug-likeness (QED) is 0.757. The first-order valence-electron chi connectivity index (χ1n) is 8.66. The highest BCUT2D eigenvalue weighted by Crippen LogP contribution is 2.19. The molecule has 2 atom stereocenters. The van der Waals surface area contributed by atoms with E-state index in [1.807, 2.05) is 0 Å². The summed E-state index contributed by atoms with van der Waals surface area (Å²) in [5.41, 5.74) is 0.788. The Morgan fingerprint density at radius 1 is 1.19 bits per heavy atom. The van der Waals surface area contributed by atoms with Gasteiger partial charge in [-0.15, -0.1) is 0 Å². The van der Waals surface area contributed by atoms with E-state index in [4.69, 9.17) is 21.1 Å². The predicted molar refractivity (Wildman–Crippen MR) is 100 cm³/mol. The highest BCUT2D eigenvalue weighted by atomic mass is 35.5. The number of halogens is 1. The minimum absolute atomic E-state index is 0.115. The lowest BCUT2D eigenvalue weighted by atomic mass is 10.1. The largest absolute Gasteiger partial charge is 0.491 e. The molecule has 0 bridgehead atoms. The summed E-state index contributed by atoms with van der Waals surface area (Å²) in [5.74, 6) is -1.00. The molecular weight excluding hydrogens is 370 g/mol. The van der Waals surface area contributed by atoms with Crippen molar-refractivity contribution >= 4 is 23.5 Å². The molecular formula is C20H20ClNO5. The van der Waals surface area contributed by atoms with Crippen molar-refractivity contribution < 1.29 is 24.2 Å². The van der Waals surface area contributed by atoms with Crippen molar-refractivity contribution in [2.45, 2.75) is 25.0 Å². The summed E-state index contributed by atoms with van der Waals surface area (Å²) in [6, 6.07) is 11.7. The van der Waals surface area contributed by atoms with Crippen LogP contribution in [-0.2, 0) is 9.53 Å². The van der Waals surface area contributed by atoms with E-state index >= 15 is 0 Å². The van der Waals surface area contributed by atoms with Crippen LogP contribution in [0.15, 0.2) is 48.5 Å². The van der Waals surface area contributed by atoms with Gasteiger partial charge in [0, 0.05) is 17.2 Å². The molecule has 0 saturated carbocycles. The lowest BCUT2D eigenvalue weighted by Crippen LogP contribution is -2.33. The van der Waals surface area contributed by atoms with Gasteiger partial charge in [0.05, 0.1) is 6.10 Å². The van der Waals surface area contributed by atoms with E-state index in [0.717, 1.165) is 19.4 Å². The first-order chi connectivity index (χ1) is 13.0. The average Bonchev–Trinajstić information content (AvgIpc) is 3.19. The Balaban J connectivity index is 1.61. The van der Waals surface area contributed by atoms with Gasteiger partial charge in [-0.1, -0.05) is 23.7 Å². The van der Waals surface area contributed by atoms with Gasteiger partial charge in [0.25, 0.3) is 5.91 Å². The van der Waals surface area contributed by atoms with Crippen molar-refractivity contribution in [3.63, 3.8) is 0 Å². The topological polar surface area (TPSA) is 84.9 Å². The van der Waals surface area contributed by atoms with E-state index < -0.39 is 17.9 Å². The Bertz CT molecular complexity index is 785. The van der Waals surface area contributed by atoms with Crippen molar-refractivity contribution in [3.05, 3.63) is 64.7 Å². The summed E-state index contributed by atoms with van der Waals surface area (Å²) in [4.78, 5) is 24.0. The van der Waals surface area contributed by atoms with Crippen LogP contribution in [0.25, 0.3) is 0 Å². The van der Waals surface area contributed by atoms with Crippen LogP contribution < -0.4 is 10.1 Å². The number of nitrogens with one attached hydrogen (secondary N) is 1. The van der Waals surface area contributed by atoms with Crippen LogP contribution >= 0.6 is 11.6 Å². The third kappa shape index (κ3) is 5.21. The van der Waals surface area contributed by atoms with Crippen LogP contribution in [0.1, 0.15) is 34.8 Å². The number of carboxylic acids is 1. The van der Waals surface area contributed by atoms with Crippen LogP contribution in [0, 0.1) is 0 Å². The molecule has 142 valence electrons.